The molecule has 4 N–H and O–H groups in total. The second kappa shape index (κ2) is 8.83. The van der Waals surface area contributed by atoms with E-state index >= 15 is 0 Å². The third kappa shape index (κ3) is 5.34. The molecule has 1 aliphatic carbocycles. The second-order valence-electron chi connectivity index (χ2n) is 7.10. The maximum absolute atomic E-state index is 12.3. The van der Waals surface area contributed by atoms with Gasteiger partial charge in [0.2, 0.25) is 11.8 Å². The highest BCUT2D eigenvalue weighted by atomic mass is 16.2. The molecule has 1 fully saturated rings. The van der Waals surface area contributed by atoms with Crippen molar-refractivity contribution in [3.63, 3.8) is 0 Å². The van der Waals surface area contributed by atoms with Crippen LogP contribution >= 0.6 is 0 Å². The predicted octanol–water partition coefficient (Wildman–Crippen LogP) is 2.66. The number of benzene rings is 1. The first kappa shape index (κ1) is 18.5. The summed E-state index contributed by atoms with van der Waals surface area (Å²) in [6.45, 7) is 5.09. The van der Waals surface area contributed by atoms with Crippen molar-refractivity contribution in [1.82, 2.24) is 5.32 Å². The first-order valence-corrected chi connectivity index (χ1v) is 8.86. The highest BCUT2D eigenvalue weighted by molar-refractivity contribution is 5.90. The number of anilines is 1. The van der Waals surface area contributed by atoms with Crippen molar-refractivity contribution in [1.29, 1.82) is 0 Å². The minimum Gasteiger partial charge on any atom is -0.352 e. The van der Waals surface area contributed by atoms with E-state index in [0.29, 0.717) is 31.3 Å². The van der Waals surface area contributed by atoms with E-state index in [2.05, 4.69) is 10.6 Å². The van der Waals surface area contributed by atoms with Crippen LogP contribution in [0.5, 0.6) is 0 Å². The van der Waals surface area contributed by atoms with Crippen LogP contribution in [0.4, 0.5) is 5.69 Å². The van der Waals surface area contributed by atoms with Crippen LogP contribution in [0.2, 0.25) is 0 Å². The molecule has 5 heteroatoms. The molecule has 2 amide bonds. The van der Waals surface area contributed by atoms with Crippen LogP contribution in [-0.2, 0) is 16.1 Å². The maximum Gasteiger partial charge on any atom is 0.224 e. The molecule has 0 bridgehead atoms. The minimum absolute atomic E-state index is 0.0166. The van der Waals surface area contributed by atoms with E-state index in [0.717, 1.165) is 30.5 Å². The normalized spacial score (nSPS) is 20.2. The average molecular weight is 331 g/mol. The van der Waals surface area contributed by atoms with Crippen LogP contribution in [0, 0.1) is 17.8 Å². The molecular formula is C19H29N3O2. The monoisotopic (exact) mass is 331 g/mol. The summed E-state index contributed by atoms with van der Waals surface area (Å²) in [6, 6.07) is 7.62. The Morgan fingerprint density at radius 2 is 2.08 bits per heavy atom. The van der Waals surface area contributed by atoms with E-state index in [1.165, 1.54) is 0 Å². The fourth-order valence-electron chi connectivity index (χ4n) is 3.33. The number of amides is 2. The van der Waals surface area contributed by atoms with E-state index in [-0.39, 0.29) is 17.7 Å². The minimum atomic E-state index is 0.0166. The number of nitrogens with one attached hydrogen (secondary N) is 2. The molecule has 24 heavy (non-hydrogen) atoms. The largest absolute Gasteiger partial charge is 0.352 e. The number of carbonyl (C=O) groups is 2. The molecule has 0 saturated heterocycles. The second-order valence-corrected chi connectivity index (χ2v) is 7.10. The summed E-state index contributed by atoms with van der Waals surface area (Å²) < 4.78 is 0. The molecule has 0 unspecified atom stereocenters. The summed E-state index contributed by atoms with van der Waals surface area (Å²) >= 11 is 0. The van der Waals surface area contributed by atoms with Gasteiger partial charge in [0.15, 0.2) is 0 Å². The van der Waals surface area contributed by atoms with Gasteiger partial charge in [0.05, 0.1) is 0 Å². The van der Waals surface area contributed by atoms with E-state index in [9.17, 15) is 9.59 Å². The van der Waals surface area contributed by atoms with Gasteiger partial charge in [-0.05, 0) is 48.9 Å². The van der Waals surface area contributed by atoms with Crippen molar-refractivity contribution in [2.45, 2.75) is 46.1 Å². The molecule has 5 nitrogen and oxygen atoms in total. The van der Waals surface area contributed by atoms with Gasteiger partial charge < -0.3 is 16.4 Å². The SMILES string of the molecule is CC(C)CC(=O)Nc1cccc(CNC(=O)[C@@H]2CCC[C@@H]2CN)c1. The molecule has 0 spiro atoms. The van der Waals surface area contributed by atoms with Gasteiger partial charge in [0.1, 0.15) is 0 Å². The molecule has 0 aliphatic heterocycles. The topological polar surface area (TPSA) is 84.2 Å². The van der Waals surface area contributed by atoms with Crippen LogP contribution in [0.1, 0.15) is 45.1 Å². The van der Waals surface area contributed by atoms with Gasteiger partial charge in [0.25, 0.3) is 0 Å². The Balaban J connectivity index is 1.87. The van der Waals surface area contributed by atoms with Gasteiger partial charge >= 0.3 is 0 Å². The third-order valence-electron chi connectivity index (χ3n) is 4.57. The van der Waals surface area contributed by atoms with Crippen molar-refractivity contribution in [3.05, 3.63) is 29.8 Å². The number of rotatable bonds is 7. The first-order chi connectivity index (χ1) is 11.5. The predicted molar refractivity (Wildman–Crippen MR) is 96.3 cm³/mol. The summed E-state index contributed by atoms with van der Waals surface area (Å²) in [7, 11) is 0. The Labute approximate surface area is 144 Å². The lowest BCUT2D eigenvalue weighted by Gasteiger charge is -2.17. The molecule has 1 aliphatic rings. The summed E-state index contributed by atoms with van der Waals surface area (Å²) in [5.74, 6) is 0.796. The van der Waals surface area contributed by atoms with Crippen molar-refractivity contribution in [2.75, 3.05) is 11.9 Å². The fraction of sp³-hybridized carbons (Fsp3) is 0.579. The van der Waals surface area contributed by atoms with Crippen LogP contribution in [0.25, 0.3) is 0 Å². The van der Waals surface area contributed by atoms with Crippen LogP contribution < -0.4 is 16.4 Å². The molecule has 2 atom stereocenters. The Kier molecular flexibility index (Phi) is 6.79. The highest BCUT2D eigenvalue weighted by Crippen LogP contribution is 2.31. The molecule has 1 aromatic rings. The van der Waals surface area contributed by atoms with E-state index in [4.69, 9.17) is 5.73 Å². The van der Waals surface area contributed by atoms with Crippen molar-refractivity contribution < 1.29 is 9.59 Å². The number of nitrogens with two attached hydrogens (primary N) is 1. The maximum atomic E-state index is 12.3. The zero-order chi connectivity index (χ0) is 17.5. The summed E-state index contributed by atoms with van der Waals surface area (Å²) in [6.07, 6.45) is 3.56. The lowest BCUT2D eigenvalue weighted by molar-refractivity contribution is -0.126. The molecule has 1 saturated carbocycles. The highest BCUT2D eigenvalue weighted by Gasteiger charge is 2.31. The lowest BCUT2D eigenvalue weighted by atomic mass is 9.95. The van der Waals surface area contributed by atoms with Gasteiger partial charge in [-0.15, -0.1) is 0 Å². The van der Waals surface area contributed by atoms with Crippen LogP contribution in [0.3, 0.4) is 0 Å². The number of carbonyl (C=O) groups excluding carboxylic acids is 2. The molecule has 2 rings (SSSR count). The molecule has 0 aromatic heterocycles. The van der Waals surface area contributed by atoms with E-state index in [1.54, 1.807) is 0 Å². The van der Waals surface area contributed by atoms with Crippen LogP contribution in [0.15, 0.2) is 24.3 Å². The summed E-state index contributed by atoms with van der Waals surface area (Å²) in [5, 5.41) is 5.92. The van der Waals surface area contributed by atoms with Gasteiger partial charge in [-0.3, -0.25) is 9.59 Å². The Morgan fingerprint density at radius 1 is 1.29 bits per heavy atom. The van der Waals surface area contributed by atoms with Crippen molar-refractivity contribution >= 4 is 17.5 Å². The summed E-state index contributed by atoms with van der Waals surface area (Å²) in [4.78, 5) is 24.2. The fourth-order valence-corrected chi connectivity index (χ4v) is 3.33. The standard InChI is InChI=1S/C19H29N3O2/c1-13(2)9-18(23)22-16-7-3-5-14(10-16)12-21-19(24)17-8-4-6-15(17)11-20/h3,5,7,10,13,15,17H,4,6,8-9,11-12,20H2,1-2H3,(H,21,24)(H,22,23)/t15-,17-/m1/s1. The number of hydrogen-bond donors (Lipinski definition) is 3. The van der Waals surface area contributed by atoms with E-state index in [1.807, 2.05) is 38.1 Å². The van der Waals surface area contributed by atoms with Gasteiger partial charge in [-0.25, -0.2) is 0 Å². The lowest BCUT2D eigenvalue weighted by Crippen LogP contribution is -2.34. The van der Waals surface area contributed by atoms with E-state index < -0.39 is 0 Å². The average Bonchev–Trinajstić information content (AvgIpc) is 3.00. The third-order valence-corrected chi connectivity index (χ3v) is 4.57. The summed E-state index contributed by atoms with van der Waals surface area (Å²) in [5.41, 5.74) is 7.50. The quantitative estimate of drug-likeness (QED) is 0.718. The molecule has 0 heterocycles. The Morgan fingerprint density at radius 3 is 2.79 bits per heavy atom. The molecular weight excluding hydrogens is 302 g/mol. The zero-order valence-electron chi connectivity index (χ0n) is 14.7. The Bertz CT molecular complexity index is 571. The van der Waals surface area contributed by atoms with Crippen molar-refractivity contribution in [2.24, 2.45) is 23.5 Å². The van der Waals surface area contributed by atoms with Gasteiger partial charge in [-0.2, -0.15) is 0 Å². The van der Waals surface area contributed by atoms with Gasteiger partial charge in [-0.1, -0.05) is 32.4 Å². The van der Waals surface area contributed by atoms with Gasteiger partial charge in [0, 0.05) is 24.6 Å². The molecule has 132 valence electrons. The van der Waals surface area contributed by atoms with Crippen LogP contribution in [-0.4, -0.2) is 18.4 Å². The number of hydrogen-bond acceptors (Lipinski definition) is 3. The first-order valence-electron chi connectivity index (χ1n) is 8.86. The van der Waals surface area contributed by atoms with Crippen molar-refractivity contribution in [3.8, 4) is 0 Å². The molecule has 1 aromatic carbocycles. The molecule has 0 radical (unpaired) electrons. The Hall–Kier alpha value is -1.88. The smallest absolute Gasteiger partial charge is 0.224 e. The zero-order valence-corrected chi connectivity index (χ0v) is 14.7.